The number of aryl methyl sites for hydroxylation is 1. The van der Waals surface area contributed by atoms with Gasteiger partial charge in [0.15, 0.2) is 0 Å². The van der Waals surface area contributed by atoms with Crippen LogP contribution in [0.3, 0.4) is 0 Å². The molecule has 0 saturated heterocycles. The van der Waals surface area contributed by atoms with Crippen LogP contribution in [0.4, 0.5) is 0 Å². The number of aromatic nitrogens is 3. The average molecular weight is 267 g/mol. The molecule has 2 heterocycles. The van der Waals surface area contributed by atoms with Gasteiger partial charge in [-0.2, -0.15) is 5.10 Å². The number of hydrogen-bond donors (Lipinski definition) is 1. The van der Waals surface area contributed by atoms with Crippen molar-refractivity contribution in [2.24, 2.45) is 0 Å². The number of hydrogen-bond acceptors (Lipinski definition) is 4. The minimum Gasteiger partial charge on any atom is -0.481 e. The Balaban J connectivity index is 2.34. The molecule has 100 valence electrons. The van der Waals surface area contributed by atoms with Crippen LogP contribution < -0.4 is 10.3 Å². The van der Waals surface area contributed by atoms with Crippen LogP contribution in [0, 0.1) is 6.92 Å². The zero-order valence-corrected chi connectivity index (χ0v) is 11.2. The van der Waals surface area contributed by atoms with Crippen LogP contribution in [0.5, 0.6) is 5.88 Å². The largest absolute Gasteiger partial charge is 0.481 e. The van der Waals surface area contributed by atoms with Gasteiger partial charge >= 0.3 is 0 Å². The summed E-state index contributed by atoms with van der Waals surface area (Å²) >= 11 is 0. The van der Waals surface area contributed by atoms with Crippen molar-refractivity contribution in [1.29, 1.82) is 0 Å². The third-order valence-corrected chi connectivity index (χ3v) is 3.10. The molecule has 5 heteroatoms. The summed E-state index contributed by atoms with van der Waals surface area (Å²) in [7, 11) is 1.54. The Morgan fingerprint density at radius 1 is 1.15 bits per heavy atom. The molecule has 0 amide bonds. The minimum absolute atomic E-state index is 0.258. The van der Waals surface area contributed by atoms with Gasteiger partial charge in [0.1, 0.15) is 0 Å². The summed E-state index contributed by atoms with van der Waals surface area (Å²) in [5.41, 5.74) is 2.47. The van der Waals surface area contributed by atoms with Gasteiger partial charge in [-0.15, -0.1) is 0 Å². The highest BCUT2D eigenvalue weighted by atomic mass is 16.5. The molecule has 1 N–H and O–H groups in total. The zero-order valence-electron chi connectivity index (χ0n) is 11.2. The van der Waals surface area contributed by atoms with E-state index in [1.165, 1.54) is 0 Å². The highest BCUT2D eigenvalue weighted by Gasteiger charge is 2.13. The number of nitrogens with one attached hydrogen (secondary N) is 1. The first-order valence-corrected chi connectivity index (χ1v) is 6.19. The fraction of sp³-hybridized carbons (Fsp3) is 0.133. The van der Waals surface area contributed by atoms with Crippen LogP contribution in [0.2, 0.25) is 0 Å². The van der Waals surface area contributed by atoms with E-state index < -0.39 is 0 Å². The molecule has 20 heavy (non-hydrogen) atoms. The van der Waals surface area contributed by atoms with Crippen LogP contribution in [0.1, 0.15) is 5.69 Å². The Kier molecular flexibility index (Phi) is 2.95. The first-order valence-electron chi connectivity index (χ1n) is 6.19. The lowest BCUT2D eigenvalue weighted by Crippen LogP contribution is -2.12. The van der Waals surface area contributed by atoms with Gasteiger partial charge in [-0.05, 0) is 25.1 Å². The molecule has 3 rings (SSSR count). The van der Waals surface area contributed by atoms with Crippen LogP contribution in [-0.2, 0) is 0 Å². The van der Waals surface area contributed by atoms with E-state index in [-0.39, 0.29) is 5.56 Å². The van der Waals surface area contributed by atoms with Crippen molar-refractivity contribution < 1.29 is 4.74 Å². The molecule has 0 saturated carbocycles. The van der Waals surface area contributed by atoms with Crippen molar-refractivity contribution in [3.63, 3.8) is 0 Å². The smallest absolute Gasteiger partial charge is 0.272 e. The number of H-pyrrole nitrogens is 1. The Morgan fingerprint density at radius 3 is 2.75 bits per heavy atom. The molecule has 0 bridgehead atoms. The monoisotopic (exact) mass is 267 g/mol. The molecule has 0 unspecified atom stereocenters. The van der Waals surface area contributed by atoms with Gasteiger partial charge < -0.3 is 4.74 Å². The lowest BCUT2D eigenvalue weighted by molar-refractivity contribution is 0.401. The Bertz CT molecular complexity index is 840. The number of para-hydroxylation sites is 1. The highest BCUT2D eigenvalue weighted by molar-refractivity contribution is 5.86. The van der Waals surface area contributed by atoms with Gasteiger partial charge in [0.25, 0.3) is 5.56 Å². The van der Waals surface area contributed by atoms with Crippen molar-refractivity contribution in [3.8, 4) is 17.0 Å². The van der Waals surface area contributed by atoms with E-state index in [0.717, 1.165) is 16.6 Å². The number of rotatable bonds is 2. The molecule has 0 fully saturated rings. The number of aromatic amines is 1. The molecule has 5 nitrogen and oxygen atoms in total. The molecule has 0 aliphatic rings. The minimum atomic E-state index is -0.258. The van der Waals surface area contributed by atoms with Crippen molar-refractivity contribution in [2.45, 2.75) is 6.92 Å². The first-order chi connectivity index (χ1) is 9.69. The maximum Gasteiger partial charge on any atom is 0.272 e. The van der Waals surface area contributed by atoms with E-state index in [1.807, 2.05) is 37.3 Å². The highest BCUT2D eigenvalue weighted by Crippen LogP contribution is 2.29. The fourth-order valence-corrected chi connectivity index (χ4v) is 2.15. The number of fused-ring (bicyclic) bond motifs is 1. The van der Waals surface area contributed by atoms with Crippen LogP contribution in [0.15, 0.2) is 41.2 Å². The topological polar surface area (TPSA) is 67.9 Å². The Hall–Kier alpha value is -2.69. The molecule has 0 spiro atoms. The molecule has 0 atom stereocenters. The normalized spacial score (nSPS) is 10.7. The number of pyridine rings is 1. The van der Waals surface area contributed by atoms with Gasteiger partial charge in [0.05, 0.1) is 29.4 Å². The number of benzene rings is 1. The zero-order chi connectivity index (χ0) is 14.1. The maximum absolute atomic E-state index is 12.0. The summed E-state index contributed by atoms with van der Waals surface area (Å²) in [6.07, 6.45) is 0. The molecular formula is C15H13N3O2. The number of methoxy groups -OCH3 is 1. The summed E-state index contributed by atoms with van der Waals surface area (Å²) < 4.78 is 5.32. The lowest BCUT2D eigenvalue weighted by Gasteiger charge is -2.09. The van der Waals surface area contributed by atoms with Gasteiger partial charge in [-0.1, -0.05) is 18.2 Å². The Morgan fingerprint density at radius 2 is 1.95 bits per heavy atom. The van der Waals surface area contributed by atoms with Crippen molar-refractivity contribution in [2.75, 3.05) is 7.11 Å². The number of nitrogens with zero attached hydrogens (tertiary/aromatic N) is 2. The van der Waals surface area contributed by atoms with E-state index in [9.17, 15) is 4.79 Å². The van der Waals surface area contributed by atoms with E-state index >= 15 is 0 Å². The number of ether oxygens (including phenoxy) is 1. The van der Waals surface area contributed by atoms with E-state index in [0.29, 0.717) is 17.0 Å². The van der Waals surface area contributed by atoms with Crippen LogP contribution >= 0.6 is 0 Å². The SMILES string of the molecule is COc1nc2ccccc2cc1-c1cc(C)n[nH]c1=O. The molecule has 0 aliphatic heterocycles. The third kappa shape index (κ3) is 2.03. The Labute approximate surface area is 115 Å². The molecule has 1 aromatic carbocycles. The summed E-state index contributed by atoms with van der Waals surface area (Å²) in [5.74, 6) is 0.430. The van der Waals surface area contributed by atoms with E-state index in [2.05, 4.69) is 15.2 Å². The van der Waals surface area contributed by atoms with Gasteiger partial charge in [-0.3, -0.25) is 4.79 Å². The average Bonchev–Trinajstić information content (AvgIpc) is 2.48. The predicted octanol–water partition coefficient (Wildman–Crippen LogP) is 2.30. The summed E-state index contributed by atoms with van der Waals surface area (Å²) in [6.45, 7) is 1.82. The fourth-order valence-electron chi connectivity index (χ4n) is 2.15. The molecule has 0 radical (unpaired) electrons. The molecule has 2 aromatic heterocycles. The molecular weight excluding hydrogens is 254 g/mol. The van der Waals surface area contributed by atoms with Crippen LogP contribution in [-0.4, -0.2) is 22.3 Å². The summed E-state index contributed by atoms with van der Waals surface area (Å²) in [6, 6.07) is 11.3. The molecule has 3 aromatic rings. The standard InChI is InChI=1S/C15H13N3O2/c1-9-7-11(14(19)18-17-9)12-8-10-5-3-4-6-13(10)16-15(12)20-2/h3-8H,1-2H3,(H,18,19). The van der Waals surface area contributed by atoms with Crippen LogP contribution in [0.25, 0.3) is 22.0 Å². The summed E-state index contributed by atoms with van der Waals surface area (Å²) in [4.78, 5) is 16.4. The second-order valence-corrected chi connectivity index (χ2v) is 4.49. The van der Waals surface area contributed by atoms with E-state index in [1.54, 1.807) is 13.2 Å². The predicted molar refractivity (Wildman–Crippen MR) is 76.9 cm³/mol. The van der Waals surface area contributed by atoms with Gasteiger partial charge in [-0.25, -0.2) is 10.1 Å². The van der Waals surface area contributed by atoms with Crippen molar-refractivity contribution in [3.05, 3.63) is 52.4 Å². The first kappa shape index (κ1) is 12.3. The maximum atomic E-state index is 12.0. The third-order valence-electron chi connectivity index (χ3n) is 3.10. The summed E-state index contributed by atoms with van der Waals surface area (Å²) in [5, 5.41) is 7.32. The second-order valence-electron chi connectivity index (χ2n) is 4.49. The second kappa shape index (κ2) is 4.77. The van der Waals surface area contributed by atoms with Crippen molar-refractivity contribution >= 4 is 10.9 Å². The lowest BCUT2D eigenvalue weighted by atomic mass is 10.1. The van der Waals surface area contributed by atoms with E-state index in [4.69, 9.17) is 4.74 Å². The van der Waals surface area contributed by atoms with Gasteiger partial charge in [0.2, 0.25) is 5.88 Å². The molecule has 0 aliphatic carbocycles. The quantitative estimate of drug-likeness (QED) is 0.773. The van der Waals surface area contributed by atoms with Crippen molar-refractivity contribution in [1.82, 2.24) is 15.2 Å². The van der Waals surface area contributed by atoms with Gasteiger partial charge in [0, 0.05) is 5.39 Å².